The van der Waals surface area contributed by atoms with E-state index in [1.165, 1.54) is 12.3 Å². The maximum absolute atomic E-state index is 12.7. The molecule has 3 aromatic heterocycles. The number of thiophene rings is 1. The van der Waals surface area contributed by atoms with Crippen LogP contribution in [-0.2, 0) is 17.9 Å². The van der Waals surface area contributed by atoms with Crippen LogP contribution in [0.4, 0.5) is 0 Å². The minimum atomic E-state index is -0.609. The Kier molecular flexibility index (Phi) is 4.43. The number of ether oxygens (including phenoxy) is 1. The average molecular weight is 383 g/mol. The fourth-order valence-electron chi connectivity index (χ4n) is 2.58. The zero-order valence-corrected chi connectivity index (χ0v) is 14.7. The van der Waals surface area contributed by atoms with Gasteiger partial charge in [0, 0.05) is 6.07 Å². The number of nitrogens with one attached hydrogen (secondary N) is 1. The molecule has 4 rings (SSSR count). The Balaban J connectivity index is 1.64. The molecular formula is C18H13N3O5S. The largest absolute Gasteiger partial charge is 0.453 e. The molecule has 27 heavy (non-hydrogen) atoms. The molecule has 8 nitrogen and oxygen atoms in total. The lowest BCUT2D eigenvalue weighted by atomic mass is 10.2. The molecule has 0 spiro atoms. The van der Waals surface area contributed by atoms with Crippen molar-refractivity contribution in [2.24, 2.45) is 0 Å². The maximum atomic E-state index is 12.7. The van der Waals surface area contributed by atoms with Crippen molar-refractivity contribution in [3.63, 3.8) is 0 Å². The molecule has 1 N–H and O–H groups in total. The molecular weight excluding hydrogens is 370 g/mol. The third-order valence-corrected chi connectivity index (χ3v) is 4.93. The van der Waals surface area contributed by atoms with E-state index < -0.39 is 17.2 Å². The topological polar surface area (TPSA) is 107 Å². The molecule has 0 amide bonds. The number of aromatic nitrogens is 3. The molecule has 0 aliphatic heterocycles. The summed E-state index contributed by atoms with van der Waals surface area (Å²) >= 11 is 0.996. The predicted molar refractivity (Wildman–Crippen MR) is 97.9 cm³/mol. The van der Waals surface area contributed by atoms with Gasteiger partial charge < -0.3 is 9.26 Å². The van der Waals surface area contributed by atoms with E-state index in [0.717, 1.165) is 21.5 Å². The van der Waals surface area contributed by atoms with Crippen LogP contribution in [-0.4, -0.2) is 20.7 Å². The van der Waals surface area contributed by atoms with E-state index in [2.05, 4.69) is 10.1 Å². The molecule has 0 saturated heterocycles. The number of nitrogens with zero attached hydrogens (tertiary/aromatic N) is 2. The fraction of sp³-hybridized carbons (Fsp3) is 0.111. The highest BCUT2D eigenvalue weighted by molar-refractivity contribution is 7.20. The van der Waals surface area contributed by atoms with E-state index in [4.69, 9.17) is 9.26 Å². The highest BCUT2D eigenvalue weighted by Gasteiger charge is 2.17. The standard InChI is InChI=1S/C18H13N3O5S/c22-16-13-8-14(17(23)25-10-12-6-7-19-26-12)27-15(13)20-18(24)21(16)9-11-4-2-1-3-5-11/h1-8H,9-10H2,(H,20,24). The van der Waals surface area contributed by atoms with Gasteiger partial charge in [0.15, 0.2) is 12.4 Å². The Hall–Kier alpha value is -3.46. The first-order chi connectivity index (χ1) is 13.1. The zero-order valence-electron chi connectivity index (χ0n) is 13.9. The summed E-state index contributed by atoms with van der Waals surface area (Å²) in [5.74, 6) is -0.203. The van der Waals surface area contributed by atoms with E-state index in [1.54, 1.807) is 6.07 Å². The number of fused-ring (bicyclic) bond motifs is 1. The Morgan fingerprint density at radius 2 is 2.04 bits per heavy atom. The molecule has 0 bridgehead atoms. The number of hydrogen-bond acceptors (Lipinski definition) is 7. The van der Waals surface area contributed by atoms with Crippen molar-refractivity contribution in [2.45, 2.75) is 13.2 Å². The van der Waals surface area contributed by atoms with Crippen molar-refractivity contribution in [2.75, 3.05) is 0 Å². The minimum absolute atomic E-state index is 0.0676. The van der Waals surface area contributed by atoms with Gasteiger partial charge in [0.05, 0.1) is 18.1 Å². The molecule has 9 heteroatoms. The van der Waals surface area contributed by atoms with Crippen LogP contribution in [0.25, 0.3) is 10.2 Å². The van der Waals surface area contributed by atoms with E-state index in [0.29, 0.717) is 10.6 Å². The van der Waals surface area contributed by atoms with Crippen molar-refractivity contribution in [3.8, 4) is 0 Å². The minimum Gasteiger partial charge on any atom is -0.453 e. The molecule has 0 radical (unpaired) electrons. The zero-order chi connectivity index (χ0) is 18.8. The van der Waals surface area contributed by atoms with Crippen LogP contribution in [0, 0.1) is 0 Å². The molecule has 136 valence electrons. The first kappa shape index (κ1) is 17.0. The maximum Gasteiger partial charge on any atom is 0.348 e. The van der Waals surface area contributed by atoms with E-state index in [1.807, 2.05) is 30.3 Å². The first-order valence-electron chi connectivity index (χ1n) is 7.99. The number of rotatable bonds is 5. The molecule has 3 heterocycles. The van der Waals surface area contributed by atoms with Gasteiger partial charge in [-0.2, -0.15) is 0 Å². The van der Waals surface area contributed by atoms with Gasteiger partial charge in [-0.1, -0.05) is 35.5 Å². The normalized spacial score (nSPS) is 11.0. The summed E-state index contributed by atoms with van der Waals surface area (Å²) in [6.07, 6.45) is 1.45. The third-order valence-electron chi connectivity index (χ3n) is 3.89. The summed E-state index contributed by atoms with van der Waals surface area (Å²) < 4.78 is 11.1. The van der Waals surface area contributed by atoms with Crippen molar-refractivity contribution in [3.05, 3.63) is 85.7 Å². The van der Waals surface area contributed by atoms with Gasteiger partial charge in [-0.25, -0.2) is 9.59 Å². The number of esters is 1. The Labute approximate surface area is 155 Å². The Morgan fingerprint density at radius 1 is 1.22 bits per heavy atom. The van der Waals surface area contributed by atoms with Crippen molar-refractivity contribution in [1.29, 1.82) is 0 Å². The molecule has 0 unspecified atom stereocenters. The van der Waals surface area contributed by atoms with Gasteiger partial charge in [-0.15, -0.1) is 11.3 Å². The summed E-state index contributed by atoms with van der Waals surface area (Å²) in [6.45, 7) is 0.0773. The lowest BCUT2D eigenvalue weighted by Gasteiger charge is -2.04. The lowest BCUT2D eigenvalue weighted by Crippen LogP contribution is -2.34. The summed E-state index contributed by atoms with van der Waals surface area (Å²) in [7, 11) is 0. The molecule has 0 atom stereocenters. The Morgan fingerprint density at radius 3 is 2.78 bits per heavy atom. The Bertz CT molecular complexity index is 1210. The van der Waals surface area contributed by atoms with E-state index in [9.17, 15) is 14.4 Å². The molecule has 0 aliphatic rings. The van der Waals surface area contributed by atoms with Gasteiger partial charge in [0.2, 0.25) is 0 Å². The van der Waals surface area contributed by atoms with Crippen LogP contribution < -0.4 is 11.2 Å². The van der Waals surface area contributed by atoms with Crippen LogP contribution in [0.15, 0.2) is 62.8 Å². The van der Waals surface area contributed by atoms with Crippen LogP contribution in [0.1, 0.15) is 21.0 Å². The average Bonchev–Trinajstić information content (AvgIpc) is 3.34. The van der Waals surface area contributed by atoms with Crippen LogP contribution in [0.5, 0.6) is 0 Å². The van der Waals surface area contributed by atoms with Crippen molar-refractivity contribution in [1.82, 2.24) is 14.7 Å². The molecule has 0 aliphatic carbocycles. The fourth-order valence-corrected chi connectivity index (χ4v) is 3.51. The molecule has 0 saturated carbocycles. The number of carbonyl (C=O) groups excluding carboxylic acids is 1. The second-order valence-electron chi connectivity index (χ2n) is 5.72. The SMILES string of the molecule is O=C(OCc1ccno1)c1cc2c(=O)n(Cc3ccccc3)c(=O)[nH]c2s1. The number of hydrogen-bond donors (Lipinski definition) is 1. The van der Waals surface area contributed by atoms with Crippen molar-refractivity contribution < 1.29 is 14.1 Å². The summed E-state index contributed by atoms with van der Waals surface area (Å²) in [5, 5.41) is 3.79. The third kappa shape index (κ3) is 3.44. The monoisotopic (exact) mass is 383 g/mol. The van der Waals surface area contributed by atoms with Crippen LogP contribution in [0.3, 0.4) is 0 Å². The molecule has 0 fully saturated rings. The molecule has 1 aromatic carbocycles. The molecule has 4 aromatic rings. The second kappa shape index (κ2) is 7.04. The van der Waals surface area contributed by atoms with E-state index in [-0.39, 0.29) is 23.4 Å². The predicted octanol–water partition coefficient (Wildman–Crippen LogP) is 2.14. The van der Waals surface area contributed by atoms with Gasteiger partial charge in [0.1, 0.15) is 9.71 Å². The highest BCUT2D eigenvalue weighted by atomic mass is 32.1. The summed E-state index contributed by atoms with van der Waals surface area (Å²) in [6, 6.07) is 12.2. The van der Waals surface area contributed by atoms with E-state index >= 15 is 0 Å². The van der Waals surface area contributed by atoms with Gasteiger partial charge >= 0.3 is 11.7 Å². The van der Waals surface area contributed by atoms with Gasteiger partial charge in [0.25, 0.3) is 5.56 Å². The van der Waals surface area contributed by atoms with Gasteiger partial charge in [-0.05, 0) is 11.6 Å². The summed E-state index contributed by atoms with van der Waals surface area (Å²) in [5.41, 5.74) is -0.158. The number of aromatic amines is 1. The second-order valence-corrected chi connectivity index (χ2v) is 6.77. The quantitative estimate of drug-likeness (QED) is 0.529. The lowest BCUT2D eigenvalue weighted by molar-refractivity contribution is 0.0443. The van der Waals surface area contributed by atoms with Gasteiger partial charge in [-0.3, -0.25) is 14.3 Å². The number of H-pyrrole nitrogens is 1. The van der Waals surface area contributed by atoms with Crippen molar-refractivity contribution >= 4 is 27.5 Å². The van der Waals surface area contributed by atoms with Crippen LogP contribution in [0.2, 0.25) is 0 Å². The van der Waals surface area contributed by atoms with Crippen LogP contribution >= 0.6 is 11.3 Å². The first-order valence-corrected chi connectivity index (χ1v) is 8.81. The summed E-state index contributed by atoms with van der Waals surface area (Å²) in [4.78, 5) is 40.4. The number of benzene rings is 1. The number of carbonyl (C=O) groups is 1. The highest BCUT2D eigenvalue weighted by Crippen LogP contribution is 2.21. The smallest absolute Gasteiger partial charge is 0.348 e.